The zero-order chi connectivity index (χ0) is 13.1. The quantitative estimate of drug-likeness (QED) is 0.809. The number of amides is 1. The number of carboxylic acid groups (broad SMARTS) is 1. The molecule has 2 N–H and O–H groups in total. The first-order valence-corrected chi connectivity index (χ1v) is 5.76. The third kappa shape index (κ3) is 2.86. The first kappa shape index (κ1) is 12.6. The molecular formula is C11H15N3O4. The minimum atomic E-state index is -0.879. The lowest BCUT2D eigenvalue weighted by molar-refractivity contribution is -0.142. The molecule has 0 aliphatic carbocycles. The number of hydrogen-bond donors (Lipinski definition) is 2. The van der Waals surface area contributed by atoms with Gasteiger partial charge in [-0.15, -0.1) is 0 Å². The van der Waals surface area contributed by atoms with E-state index in [0.717, 1.165) is 6.42 Å². The molecule has 0 spiro atoms. The zero-order valence-electron chi connectivity index (χ0n) is 10.0. The Morgan fingerprint density at radius 3 is 3.06 bits per heavy atom. The molecule has 2 rings (SSSR count). The normalized spacial score (nSPS) is 19.9. The summed E-state index contributed by atoms with van der Waals surface area (Å²) < 4.78 is 4.86. The summed E-state index contributed by atoms with van der Waals surface area (Å²) in [6.45, 7) is 2.43. The summed E-state index contributed by atoms with van der Waals surface area (Å²) in [4.78, 5) is 24.3. The van der Waals surface area contributed by atoms with Crippen LogP contribution in [0.25, 0.3) is 0 Å². The van der Waals surface area contributed by atoms with Gasteiger partial charge in [0, 0.05) is 6.07 Å². The predicted molar refractivity (Wildman–Crippen MR) is 62.1 cm³/mol. The van der Waals surface area contributed by atoms with Gasteiger partial charge in [-0.2, -0.15) is 0 Å². The molecule has 98 valence electrons. The van der Waals surface area contributed by atoms with Crippen molar-refractivity contribution >= 4 is 17.8 Å². The summed E-state index contributed by atoms with van der Waals surface area (Å²) in [6, 6.07) is 1.04. The SMILES string of the molecule is Cc1cc(NC(=O)CN2CCC[C@H]2C(=O)O)on1. The van der Waals surface area contributed by atoms with Gasteiger partial charge < -0.3 is 9.63 Å². The van der Waals surface area contributed by atoms with Crippen molar-refractivity contribution in [2.75, 3.05) is 18.4 Å². The Bertz CT molecular complexity index is 457. The van der Waals surface area contributed by atoms with Crippen LogP contribution in [0.3, 0.4) is 0 Å². The van der Waals surface area contributed by atoms with Crippen molar-refractivity contribution < 1.29 is 19.2 Å². The first-order valence-electron chi connectivity index (χ1n) is 5.76. The molecule has 2 heterocycles. The number of nitrogens with zero attached hydrogens (tertiary/aromatic N) is 2. The van der Waals surface area contributed by atoms with E-state index in [9.17, 15) is 9.59 Å². The lowest BCUT2D eigenvalue weighted by atomic mass is 10.2. The molecule has 1 aromatic rings. The molecule has 0 unspecified atom stereocenters. The van der Waals surface area contributed by atoms with Gasteiger partial charge in [0.15, 0.2) is 0 Å². The number of nitrogens with one attached hydrogen (secondary N) is 1. The molecule has 7 heteroatoms. The van der Waals surface area contributed by atoms with Gasteiger partial charge in [-0.3, -0.25) is 19.8 Å². The number of likely N-dealkylation sites (tertiary alicyclic amines) is 1. The third-order valence-electron chi connectivity index (χ3n) is 2.89. The van der Waals surface area contributed by atoms with E-state index in [4.69, 9.17) is 9.63 Å². The van der Waals surface area contributed by atoms with Crippen molar-refractivity contribution in [3.63, 3.8) is 0 Å². The summed E-state index contributed by atoms with van der Waals surface area (Å²) in [5, 5.41) is 15.2. The number of hydrogen-bond acceptors (Lipinski definition) is 5. The van der Waals surface area contributed by atoms with Crippen LogP contribution in [0.2, 0.25) is 0 Å². The summed E-state index contributed by atoms with van der Waals surface area (Å²) >= 11 is 0. The van der Waals surface area contributed by atoms with E-state index in [0.29, 0.717) is 18.7 Å². The van der Waals surface area contributed by atoms with E-state index in [1.54, 1.807) is 17.9 Å². The van der Waals surface area contributed by atoms with Gasteiger partial charge in [-0.1, -0.05) is 5.16 Å². The van der Waals surface area contributed by atoms with Crippen LogP contribution in [-0.2, 0) is 9.59 Å². The molecule has 0 aromatic carbocycles. The summed E-state index contributed by atoms with van der Waals surface area (Å²) in [7, 11) is 0. The van der Waals surface area contributed by atoms with Crippen molar-refractivity contribution in [2.45, 2.75) is 25.8 Å². The van der Waals surface area contributed by atoms with Crippen molar-refractivity contribution in [2.24, 2.45) is 0 Å². The van der Waals surface area contributed by atoms with Crippen LogP contribution in [0.1, 0.15) is 18.5 Å². The number of aromatic nitrogens is 1. The first-order chi connectivity index (χ1) is 8.56. The highest BCUT2D eigenvalue weighted by Gasteiger charge is 2.31. The van der Waals surface area contributed by atoms with E-state index < -0.39 is 12.0 Å². The molecule has 1 aliphatic rings. The minimum absolute atomic E-state index is 0.0523. The molecule has 0 radical (unpaired) electrons. The van der Waals surface area contributed by atoms with Gasteiger partial charge in [0.25, 0.3) is 0 Å². The van der Waals surface area contributed by atoms with Crippen molar-refractivity contribution in [3.8, 4) is 0 Å². The van der Waals surface area contributed by atoms with Gasteiger partial charge in [-0.25, -0.2) is 0 Å². The predicted octanol–water partition coefficient (Wildman–Crippen LogP) is 0.471. The molecule has 7 nitrogen and oxygen atoms in total. The molecule has 1 aliphatic heterocycles. The minimum Gasteiger partial charge on any atom is -0.480 e. The van der Waals surface area contributed by atoms with E-state index in [1.165, 1.54) is 0 Å². The smallest absolute Gasteiger partial charge is 0.320 e. The molecule has 1 aromatic heterocycles. The van der Waals surface area contributed by atoms with Gasteiger partial charge >= 0.3 is 5.97 Å². The van der Waals surface area contributed by atoms with E-state index in [-0.39, 0.29) is 18.3 Å². The Kier molecular flexibility index (Phi) is 3.61. The maximum absolute atomic E-state index is 11.7. The maximum Gasteiger partial charge on any atom is 0.320 e. The molecule has 18 heavy (non-hydrogen) atoms. The maximum atomic E-state index is 11.7. The highest BCUT2D eigenvalue weighted by Crippen LogP contribution is 2.17. The van der Waals surface area contributed by atoms with Crippen LogP contribution in [0.4, 0.5) is 5.88 Å². The van der Waals surface area contributed by atoms with Gasteiger partial charge in [0.2, 0.25) is 11.8 Å². The highest BCUT2D eigenvalue weighted by molar-refractivity contribution is 5.91. The number of aryl methyl sites for hydroxylation is 1. The Labute approximate surface area is 104 Å². The molecule has 1 fully saturated rings. The molecule has 0 bridgehead atoms. The lowest BCUT2D eigenvalue weighted by Gasteiger charge is -2.19. The van der Waals surface area contributed by atoms with Gasteiger partial charge in [0.05, 0.1) is 12.2 Å². The number of anilines is 1. The average molecular weight is 253 g/mol. The third-order valence-corrected chi connectivity index (χ3v) is 2.89. The van der Waals surface area contributed by atoms with Crippen molar-refractivity contribution in [1.82, 2.24) is 10.1 Å². The lowest BCUT2D eigenvalue weighted by Crippen LogP contribution is -2.40. The zero-order valence-corrected chi connectivity index (χ0v) is 10.0. The van der Waals surface area contributed by atoms with Crippen LogP contribution in [0.5, 0.6) is 0 Å². The van der Waals surface area contributed by atoms with Crippen LogP contribution >= 0.6 is 0 Å². The van der Waals surface area contributed by atoms with E-state index in [2.05, 4.69) is 10.5 Å². The summed E-state index contributed by atoms with van der Waals surface area (Å²) in [5.41, 5.74) is 0.676. The number of carboxylic acids is 1. The Balaban J connectivity index is 1.89. The summed E-state index contributed by atoms with van der Waals surface area (Å²) in [6.07, 6.45) is 1.38. The van der Waals surface area contributed by atoms with Crippen LogP contribution < -0.4 is 5.32 Å². The second-order valence-electron chi connectivity index (χ2n) is 4.35. The Hall–Kier alpha value is -1.89. The van der Waals surface area contributed by atoms with Crippen molar-refractivity contribution in [1.29, 1.82) is 0 Å². The summed E-state index contributed by atoms with van der Waals surface area (Å²) in [5.74, 6) is -0.890. The fraction of sp³-hybridized carbons (Fsp3) is 0.545. The average Bonchev–Trinajstić information content (AvgIpc) is 2.87. The van der Waals surface area contributed by atoms with E-state index >= 15 is 0 Å². The Morgan fingerprint density at radius 2 is 2.44 bits per heavy atom. The highest BCUT2D eigenvalue weighted by atomic mass is 16.5. The van der Waals surface area contributed by atoms with E-state index in [1.807, 2.05) is 0 Å². The molecule has 0 saturated carbocycles. The Morgan fingerprint density at radius 1 is 1.67 bits per heavy atom. The van der Waals surface area contributed by atoms with Crippen molar-refractivity contribution in [3.05, 3.63) is 11.8 Å². The second kappa shape index (κ2) is 5.18. The standard InChI is InChI=1S/C11H15N3O4/c1-7-5-10(18-13-7)12-9(15)6-14-4-2-3-8(14)11(16)17/h5,8H,2-4,6H2,1H3,(H,12,15)(H,16,17)/t8-/m0/s1. The topological polar surface area (TPSA) is 95.7 Å². The monoisotopic (exact) mass is 253 g/mol. The second-order valence-corrected chi connectivity index (χ2v) is 4.35. The van der Waals surface area contributed by atoms with Crippen LogP contribution in [-0.4, -0.2) is 46.2 Å². The number of aliphatic carboxylic acids is 1. The van der Waals surface area contributed by atoms with Crippen LogP contribution in [0, 0.1) is 6.92 Å². The largest absolute Gasteiger partial charge is 0.480 e. The molecule has 1 atom stereocenters. The fourth-order valence-electron chi connectivity index (χ4n) is 2.08. The molecule has 1 saturated heterocycles. The van der Waals surface area contributed by atoms with Crippen LogP contribution in [0.15, 0.2) is 10.6 Å². The molecular weight excluding hydrogens is 238 g/mol. The number of rotatable bonds is 4. The fourth-order valence-corrected chi connectivity index (χ4v) is 2.08. The number of carbonyl (C=O) groups is 2. The molecule has 1 amide bonds. The van der Waals surface area contributed by atoms with Gasteiger partial charge in [-0.05, 0) is 26.3 Å². The van der Waals surface area contributed by atoms with Gasteiger partial charge in [0.1, 0.15) is 6.04 Å². The number of carbonyl (C=O) groups excluding carboxylic acids is 1.